The second-order valence-electron chi connectivity index (χ2n) is 10.4. The van der Waals surface area contributed by atoms with E-state index in [0.717, 1.165) is 42.4 Å². The Morgan fingerprint density at radius 2 is 1.47 bits per heavy atom. The minimum absolute atomic E-state index is 0.0510. The summed E-state index contributed by atoms with van der Waals surface area (Å²) < 4.78 is 5.60. The summed E-state index contributed by atoms with van der Waals surface area (Å²) in [6.07, 6.45) is 17.5. The van der Waals surface area contributed by atoms with E-state index in [1.54, 1.807) is 24.3 Å². The van der Waals surface area contributed by atoms with Crippen LogP contribution in [0.25, 0.3) is 0 Å². The van der Waals surface area contributed by atoms with Crippen molar-refractivity contribution in [2.24, 2.45) is 35.5 Å². The van der Waals surface area contributed by atoms with Gasteiger partial charge in [0.1, 0.15) is 5.75 Å². The second-order valence-corrected chi connectivity index (χ2v) is 10.8. The lowest BCUT2D eigenvalue weighted by atomic mass is 9.60. The molecule has 0 aromatic heterocycles. The first-order valence-electron chi connectivity index (χ1n) is 12.6. The summed E-state index contributed by atoms with van der Waals surface area (Å²) in [6, 6.07) is 7.10. The monoisotopic (exact) mass is 430 g/mol. The summed E-state index contributed by atoms with van der Waals surface area (Å²) in [4.78, 5) is 12.6. The number of unbranched alkanes of at least 4 members (excludes halogenated alkanes) is 1. The van der Waals surface area contributed by atoms with Crippen molar-refractivity contribution in [1.29, 1.82) is 0 Å². The summed E-state index contributed by atoms with van der Waals surface area (Å²) in [5.41, 5.74) is 0. The number of benzene rings is 1. The Kier molecular flexibility index (Phi) is 7.79. The fourth-order valence-electron chi connectivity index (χ4n) is 6.73. The molecule has 0 bridgehead atoms. The molecule has 4 rings (SSSR count). The van der Waals surface area contributed by atoms with Crippen molar-refractivity contribution in [1.82, 2.24) is 0 Å². The van der Waals surface area contributed by atoms with Gasteiger partial charge in [-0.25, -0.2) is 0 Å². The predicted molar refractivity (Wildman–Crippen MR) is 124 cm³/mol. The zero-order chi connectivity index (χ0) is 20.9. The molecule has 0 N–H and O–H groups in total. The van der Waals surface area contributed by atoms with Crippen LogP contribution in [-0.4, -0.2) is 5.97 Å². The van der Waals surface area contributed by atoms with Gasteiger partial charge < -0.3 is 4.74 Å². The average Bonchev–Trinajstić information content (AvgIpc) is 2.79. The van der Waals surface area contributed by atoms with Gasteiger partial charge in [0.25, 0.3) is 0 Å². The molecule has 0 heterocycles. The summed E-state index contributed by atoms with van der Waals surface area (Å²) >= 11 is 5.92. The van der Waals surface area contributed by atoms with E-state index in [4.69, 9.17) is 16.3 Å². The SMILES string of the molecule is CCCCC1CCC2CC(C3CCC(C(=O)Oc4ccc(Cl)cc4)CC3)CCC2C1. The van der Waals surface area contributed by atoms with Crippen LogP contribution < -0.4 is 4.74 Å². The molecule has 4 atom stereocenters. The van der Waals surface area contributed by atoms with Gasteiger partial charge in [0, 0.05) is 5.02 Å². The van der Waals surface area contributed by atoms with Crippen LogP contribution in [0.2, 0.25) is 5.02 Å². The molecule has 3 heteroatoms. The molecule has 4 unspecified atom stereocenters. The summed E-state index contributed by atoms with van der Waals surface area (Å²) in [6.45, 7) is 2.32. The van der Waals surface area contributed by atoms with Crippen LogP contribution in [0.5, 0.6) is 5.75 Å². The first-order chi connectivity index (χ1) is 14.6. The largest absolute Gasteiger partial charge is 0.426 e. The summed E-state index contributed by atoms with van der Waals surface area (Å²) in [5, 5.41) is 0.666. The number of rotatable bonds is 6. The zero-order valence-electron chi connectivity index (χ0n) is 18.7. The molecular formula is C27H39ClO2. The van der Waals surface area contributed by atoms with Crippen molar-refractivity contribution in [2.75, 3.05) is 0 Å². The van der Waals surface area contributed by atoms with Crippen molar-refractivity contribution in [2.45, 2.75) is 90.4 Å². The standard InChI is InChI=1S/C27H39ClO2/c1-2-3-4-19-5-6-24-18-23(12-11-22(24)17-19)20-7-9-21(10-8-20)27(29)30-26-15-13-25(28)14-16-26/h13-16,19-24H,2-12,17-18H2,1H3. The lowest BCUT2D eigenvalue weighted by Gasteiger charge is -2.45. The Morgan fingerprint density at radius 1 is 0.867 bits per heavy atom. The highest BCUT2D eigenvalue weighted by atomic mass is 35.5. The van der Waals surface area contributed by atoms with Crippen molar-refractivity contribution in [3.8, 4) is 5.75 Å². The van der Waals surface area contributed by atoms with Crippen molar-refractivity contribution in [3.05, 3.63) is 29.3 Å². The maximum Gasteiger partial charge on any atom is 0.314 e. The van der Waals surface area contributed by atoms with Gasteiger partial charge in [0.2, 0.25) is 0 Å². The van der Waals surface area contributed by atoms with Gasteiger partial charge in [-0.05, 0) is 112 Å². The number of hydrogen-bond acceptors (Lipinski definition) is 2. The smallest absolute Gasteiger partial charge is 0.314 e. The molecule has 3 aliphatic carbocycles. The van der Waals surface area contributed by atoms with Gasteiger partial charge in [-0.1, -0.05) is 44.2 Å². The minimum atomic E-state index is -0.0510. The van der Waals surface area contributed by atoms with Crippen molar-refractivity contribution >= 4 is 17.6 Å². The molecule has 30 heavy (non-hydrogen) atoms. The number of halogens is 1. The third kappa shape index (κ3) is 5.61. The predicted octanol–water partition coefficient (Wildman–Crippen LogP) is 8.07. The van der Waals surface area contributed by atoms with Crippen LogP contribution in [0.3, 0.4) is 0 Å². The molecule has 2 nitrogen and oxygen atoms in total. The van der Waals surface area contributed by atoms with Gasteiger partial charge in [0.15, 0.2) is 0 Å². The molecule has 1 aromatic rings. The molecule has 0 saturated heterocycles. The number of carbonyl (C=O) groups excluding carboxylic acids is 1. The summed E-state index contributed by atoms with van der Waals surface area (Å²) in [5.74, 6) is 5.41. The lowest BCUT2D eigenvalue weighted by molar-refractivity contribution is -0.140. The number of hydrogen-bond donors (Lipinski definition) is 0. The molecule has 1 aromatic carbocycles. The van der Waals surface area contributed by atoms with Crippen LogP contribution in [0, 0.1) is 35.5 Å². The molecule has 0 radical (unpaired) electrons. The van der Waals surface area contributed by atoms with E-state index in [1.807, 2.05) is 0 Å². The first kappa shape index (κ1) is 22.2. The van der Waals surface area contributed by atoms with E-state index in [2.05, 4.69) is 6.92 Å². The van der Waals surface area contributed by atoms with Crippen LogP contribution in [-0.2, 0) is 4.79 Å². The number of fused-ring (bicyclic) bond motifs is 1. The van der Waals surface area contributed by atoms with E-state index >= 15 is 0 Å². The fourth-order valence-corrected chi connectivity index (χ4v) is 6.86. The normalized spacial score (nSPS) is 34.2. The Labute approximate surface area is 188 Å². The maximum absolute atomic E-state index is 12.6. The van der Waals surface area contributed by atoms with Crippen LogP contribution in [0.4, 0.5) is 0 Å². The van der Waals surface area contributed by atoms with Crippen molar-refractivity contribution < 1.29 is 9.53 Å². The molecule has 3 fully saturated rings. The fraction of sp³-hybridized carbons (Fsp3) is 0.741. The van der Waals surface area contributed by atoms with Crippen LogP contribution in [0.1, 0.15) is 90.4 Å². The van der Waals surface area contributed by atoms with Gasteiger partial charge in [-0.3, -0.25) is 4.79 Å². The van der Waals surface area contributed by atoms with Crippen LogP contribution in [0.15, 0.2) is 24.3 Å². The molecule has 0 amide bonds. The van der Waals surface area contributed by atoms with Gasteiger partial charge in [0.05, 0.1) is 5.92 Å². The van der Waals surface area contributed by atoms with Gasteiger partial charge >= 0.3 is 5.97 Å². The molecule has 0 aliphatic heterocycles. The van der Waals surface area contributed by atoms with E-state index in [9.17, 15) is 4.79 Å². The first-order valence-corrected chi connectivity index (χ1v) is 13.0. The third-order valence-corrected chi connectivity index (χ3v) is 8.78. The topological polar surface area (TPSA) is 26.3 Å². The highest BCUT2D eigenvalue weighted by molar-refractivity contribution is 6.30. The Bertz CT molecular complexity index is 677. The number of esters is 1. The highest BCUT2D eigenvalue weighted by Crippen LogP contribution is 2.49. The number of carbonyl (C=O) groups is 1. The minimum Gasteiger partial charge on any atom is -0.426 e. The van der Waals surface area contributed by atoms with E-state index < -0.39 is 0 Å². The quantitative estimate of drug-likeness (QED) is 0.336. The molecule has 0 spiro atoms. The molecule has 3 saturated carbocycles. The highest BCUT2D eigenvalue weighted by Gasteiger charge is 2.39. The molecular weight excluding hydrogens is 392 g/mol. The maximum atomic E-state index is 12.6. The Morgan fingerprint density at radius 3 is 2.17 bits per heavy atom. The van der Waals surface area contributed by atoms with Crippen LogP contribution >= 0.6 is 11.6 Å². The third-order valence-electron chi connectivity index (χ3n) is 8.53. The zero-order valence-corrected chi connectivity index (χ0v) is 19.4. The van der Waals surface area contributed by atoms with Crippen molar-refractivity contribution in [3.63, 3.8) is 0 Å². The Balaban J connectivity index is 1.21. The Hall–Kier alpha value is -1.02. The second kappa shape index (κ2) is 10.5. The van der Waals surface area contributed by atoms with Gasteiger partial charge in [-0.2, -0.15) is 0 Å². The lowest BCUT2D eigenvalue weighted by Crippen LogP contribution is -2.35. The average molecular weight is 431 g/mol. The number of ether oxygens (including phenoxy) is 1. The van der Waals surface area contributed by atoms with E-state index in [0.29, 0.717) is 10.8 Å². The van der Waals surface area contributed by atoms with E-state index in [1.165, 1.54) is 70.6 Å². The molecule has 166 valence electrons. The summed E-state index contributed by atoms with van der Waals surface area (Å²) in [7, 11) is 0. The van der Waals surface area contributed by atoms with E-state index in [-0.39, 0.29) is 11.9 Å². The molecule has 3 aliphatic rings. The van der Waals surface area contributed by atoms with Gasteiger partial charge in [-0.15, -0.1) is 0 Å².